The number of amides is 1. The zero-order chi connectivity index (χ0) is 21.3. The Morgan fingerprint density at radius 1 is 1.00 bits per heavy atom. The number of anilines is 1. The summed E-state index contributed by atoms with van der Waals surface area (Å²) < 4.78 is 6.72. The van der Waals surface area contributed by atoms with Crippen LogP contribution in [0.3, 0.4) is 0 Å². The minimum atomic E-state index is -0.187. The monoisotopic (exact) mass is 482 g/mol. The average molecular weight is 483 g/mol. The van der Waals surface area contributed by atoms with E-state index >= 15 is 0 Å². The molecule has 1 amide bonds. The minimum Gasteiger partial charge on any atom is -0.432 e. The van der Waals surface area contributed by atoms with Gasteiger partial charge in [0, 0.05) is 23.1 Å². The first-order valence-corrected chi connectivity index (χ1v) is 10.9. The second-order valence-corrected chi connectivity index (χ2v) is 7.94. The number of nitrogens with zero attached hydrogens (tertiary/aromatic N) is 1. The number of benzene rings is 3. The molecule has 0 aromatic heterocycles. The number of carbonyl (C=O) groups is 1. The lowest BCUT2D eigenvalue weighted by Gasteiger charge is -2.24. The number of halogens is 1. The molecule has 0 bridgehead atoms. The first-order valence-electron chi connectivity index (χ1n) is 9.73. The first kappa shape index (κ1) is 22.0. The van der Waals surface area contributed by atoms with Gasteiger partial charge in [0.25, 0.3) is 11.1 Å². The number of hydrogen-bond acceptors (Lipinski definition) is 3. The van der Waals surface area contributed by atoms with Crippen molar-refractivity contribution in [2.24, 2.45) is 0 Å². The van der Waals surface area contributed by atoms with Crippen molar-refractivity contribution in [2.45, 2.75) is 19.9 Å². The maximum absolute atomic E-state index is 12.5. The van der Waals surface area contributed by atoms with Crippen molar-refractivity contribution < 1.29 is 9.53 Å². The molecule has 0 fully saturated rings. The SMILES string of the molecule is CCCN(Cc1ccccc1)C(=S)Oc1ccc(C(=O)Nc2ccccc2Br)cc1. The van der Waals surface area contributed by atoms with Crippen molar-refractivity contribution in [2.75, 3.05) is 11.9 Å². The number of para-hydroxylation sites is 1. The topological polar surface area (TPSA) is 41.6 Å². The summed E-state index contributed by atoms with van der Waals surface area (Å²) in [5.41, 5.74) is 2.44. The summed E-state index contributed by atoms with van der Waals surface area (Å²) in [5, 5.41) is 3.31. The zero-order valence-electron chi connectivity index (χ0n) is 16.7. The Balaban J connectivity index is 1.62. The largest absolute Gasteiger partial charge is 0.432 e. The van der Waals surface area contributed by atoms with Crippen LogP contribution in [0.2, 0.25) is 0 Å². The van der Waals surface area contributed by atoms with E-state index in [2.05, 4.69) is 40.3 Å². The van der Waals surface area contributed by atoms with Crippen LogP contribution in [0.25, 0.3) is 0 Å². The van der Waals surface area contributed by atoms with Crippen LogP contribution in [-0.2, 0) is 6.54 Å². The van der Waals surface area contributed by atoms with Crippen LogP contribution in [0.15, 0.2) is 83.3 Å². The van der Waals surface area contributed by atoms with Gasteiger partial charge in [-0.2, -0.15) is 0 Å². The van der Waals surface area contributed by atoms with E-state index in [1.54, 1.807) is 24.3 Å². The van der Waals surface area contributed by atoms with Gasteiger partial charge < -0.3 is 15.0 Å². The second-order valence-electron chi connectivity index (χ2n) is 6.73. The van der Waals surface area contributed by atoms with Crippen LogP contribution >= 0.6 is 28.1 Å². The van der Waals surface area contributed by atoms with Gasteiger partial charge in [0.15, 0.2) is 0 Å². The van der Waals surface area contributed by atoms with E-state index in [1.807, 2.05) is 47.4 Å². The van der Waals surface area contributed by atoms with Gasteiger partial charge in [0.2, 0.25) is 0 Å². The summed E-state index contributed by atoms with van der Waals surface area (Å²) in [6.07, 6.45) is 0.963. The van der Waals surface area contributed by atoms with E-state index in [9.17, 15) is 4.79 Å². The number of carbonyl (C=O) groups excluding carboxylic acids is 1. The van der Waals surface area contributed by atoms with Crippen LogP contribution < -0.4 is 10.1 Å². The smallest absolute Gasteiger partial charge is 0.265 e. The quantitative estimate of drug-likeness (QED) is 0.402. The molecule has 0 heterocycles. The molecule has 0 unspecified atom stereocenters. The molecule has 1 N–H and O–H groups in total. The molecule has 0 aliphatic heterocycles. The predicted molar refractivity (Wildman–Crippen MR) is 129 cm³/mol. The molecule has 0 aliphatic carbocycles. The van der Waals surface area contributed by atoms with Crippen LogP contribution in [0.1, 0.15) is 29.3 Å². The fourth-order valence-electron chi connectivity index (χ4n) is 2.91. The third kappa shape index (κ3) is 6.15. The van der Waals surface area contributed by atoms with Crippen molar-refractivity contribution in [3.05, 3.63) is 94.5 Å². The number of hydrogen-bond donors (Lipinski definition) is 1. The number of rotatable bonds is 7. The molecule has 0 aliphatic rings. The molecule has 0 atom stereocenters. The Morgan fingerprint density at radius 2 is 1.67 bits per heavy atom. The highest BCUT2D eigenvalue weighted by molar-refractivity contribution is 9.10. The molecule has 0 saturated heterocycles. The Bertz CT molecular complexity index is 994. The number of nitrogens with one attached hydrogen (secondary N) is 1. The molecule has 3 rings (SSSR count). The van der Waals surface area contributed by atoms with Gasteiger partial charge in [-0.15, -0.1) is 0 Å². The van der Waals surface area contributed by atoms with Crippen molar-refractivity contribution in [3.8, 4) is 5.75 Å². The standard InChI is InChI=1S/C24H23BrN2O2S/c1-2-16-27(17-18-8-4-3-5-9-18)24(30)29-20-14-12-19(13-15-20)23(28)26-22-11-7-6-10-21(22)25/h3-15H,2,16-17H2,1H3,(H,26,28). The molecule has 6 heteroatoms. The second kappa shape index (κ2) is 10.9. The third-order valence-electron chi connectivity index (χ3n) is 4.41. The van der Waals surface area contributed by atoms with Crippen molar-refractivity contribution >= 4 is 44.9 Å². The predicted octanol–water partition coefficient (Wildman–Crippen LogP) is 6.28. The summed E-state index contributed by atoms with van der Waals surface area (Å²) in [7, 11) is 0. The Hall–Kier alpha value is -2.70. The molecule has 3 aromatic rings. The Kier molecular flexibility index (Phi) is 7.99. The average Bonchev–Trinajstić information content (AvgIpc) is 2.76. The van der Waals surface area contributed by atoms with Gasteiger partial charge in [-0.3, -0.25) is 4.79 Å². The highest BCUT2D eigenvalue weighted by Gasteiger charge is 2.13. The summed E-state index contributed by atoms with van der Waals surface area (Å²) in [5.74, 6) is 0.416. The van der Waals surface area contributed by atoms with Gasteiger partial charge in [-0.25, -0.2) is 0 Å². The normalized spacial score (nSPS) is 10.3. The summed E-state index contributed by atoms with van der Waals surface area (Å²) >= 11 is 8.96. The third-order valence-corrected chi connectivity index (χ3v) is 5.44. The molecule has 30 heavy (non-hydrogen) atoms. The molecule has 154 valence electrons. The van der Waals surface area contributed by atoms with Gasteiger partial charge in [0.05, 0.1) is 5.69 Å². The van der Waals surface area contributed by atoms with E-state index in [4.69, 9.17) is 17.0 Å². The maximum Gasteiger partial charge on any atom is 0.265 e. The molecule has 0 spiro atoms. The lowest BCUT2D eigenvalue weighted by atomic mass is 10.2. The zero-order valence-corrected chi connectivity index (χ0v) is 19.1. The van der Waals surface area contributed by atoms with E-state index < -0.39 is 0 Å². The highest BCUT2D eigenvalue weighted by atomic mass is 79.9. The maximum atomic E-state index is 12.5. The van der Waals surface area contributed by atoms with Crippen molar-refractivity contribution in [3.63, 3.8) is 0 Å². The van der Waals surface area contributed by atoms with Crippen molar-refractivity contribution in [1.29, 1.82) is 0 Å². The van der Waals surface area contributed by atoms with Gasteiger partial charge in [-0.1, -0.05) is 49.4 Å². The van der Waals surface area contributed by atoms with E-state index in [1.165, 1.54) is 5.56 Å². The fourth-order valence-corrected chi connectivity index (χ4v) is 3.54. The van der Waals surface area contributed by atoms with Crippen LogP contribution in [-0.4, -0.2) is 22.5 Å². The van der Waals surface area contributed by atoms with E-state index in [-0.39, 0.29) is 5.91 Å². The summed E-state index contributed by atoms with van der Waals surface area (Å²) in [6.45, 7) is 3.61. The van der Waals surface area contributed by atoms with E-state index in [0.717, 1.165) is 23.1 Å². The van der Waals surface area contributed by atoms with Gasteiger partial charge in [0.1, 0.15) is 5.75 Å². The number of ether oxygens (including phenoxy) is 1. The minimum absolute atomic E-state index is 0.187. The molecule has 3 aromatic carbocycles. The first-order chi connectivity index (χ1) is 14.6. The van der Waals surface area contributed by atoms with Crippen LogP contribution in [0.5, 0.6) is 5.75 Å². The molecular formula is C24H23BrN2O2S. The van der Waals surface area contributed by atoms with E-state index in [0.29, 0.717) is 23.0 Å². The van der Waals surface area contributed by atoms with Crippen LogP contribution in [0.4, 0.5) is 5.69 Å². The molecular weight excluding hydrogens is 460 g/mol. The van der Waals surface area contributed by atoms with Gasteiger partial charge >= 0.3 is 0 Å². The molecule has 0 saturated carbocycles. The summed E-state index contributed by atoms with van der Waals surface area (Å²) in [6, 6.07) is 24.6. The Labute approximate surface area is 191 Å². The Morgan fingerprint density at radius 3 is 2.33 bits per heavy atom. The fraction of sp³-hybridized carbons (Fsp3) is 0.167. The number of thiocarbonyl (C=S) groups is 1. The molecule has 0 radical (unpaired) electrons. The lowest BCUT2D eigenvalue weighted by Crippen LogP contribution is -2.33. The summed E-state index contributed by atoms with van der Waals surface area (Å²) in [4.78, 5) is 14.5. The molecule has 4 nitrogen and oxygen atoms in total. The van der Waals surface area contributed by atoms with Gasteiger partial charge in [-0.05, 0) is 76.5 Å². The highest BCUT2D eigenvalue weighted by Crippen LogP contribution is 2.22. The van der Waals surface area contributed by atoms with Crippen molar-refractivity contribution in [1.82, 2.24) is 4.90 Å². The lowest BCUT2D eigenvalue weighted by molar-refractivity contribution is 0.102. The van der Waals surface area contributed by atoms with Crippen LogP contribution in [0, 0.1) is 0 Å².